The number of carbonyl (C=O) groups is 1. The van der Waals surface area contributed by atoms with Crippen molar-refractivity contribution in [2.75, 3.05) is 5.32 Å². The zero-order chi connectivity index (χ0) is 20.4. The molecule has 3 heterocycles. The first-order valence-corrected chi connectivity index (χ1v) is 9.51. The summed E-state index contributed by atoms with van der Waals surface area (Å²) in [4.78, 5) is 17.0. The maximum atomic E-state index is 12.9. The summed E-state index contributed by atoms with van der Waals surface area (Å²) in [5.41, 5.74) is 5.87. The van der Waals surface area contributed by atoms with E-state index in [0.717, 1.165) is 28.2 Å². The van der Waals surface area contributed by atoms with Crippen LogP contribution in [-0.2, 0) is 6.54 Å². The van der Waals surface area contributed by atoms with Crippen molar-refractivity contribution in [2.24, 2.45) is 0 Å². The van der Waals surface area contributed by atoms with Crippen molar-refractivity contribution >= 4 is 11.7 Å². The molecule has 0 radical (unpaired) electrons. The molecule has 0 unspecified atom stereocenters. The van der Waals surface area contributed by atoms with Gasteiger partial charge in [0, 0.05) is 41.7 Å². The van der Waals surface area contributed by atoms with E-state index in [1.54, 1.807) is 23.1 Å². The van der Waals surface area contributed by atoms with Crippen LogP contribution in [0, 0.1) is 20.8 Å². The second-order valence-electron chi connectivity index (χ2n) is 7.12. The maximum absolute atomic E-state index is 12.9. The number of nitrogens with one attached hydrogen (secondary N) is 1. The van der Waals surface area contributed by atoms with Crippen molar-refractivity contribution in [1.82, 2.24) is 19.3 Å². The number of nitrogens with zero attached hydrogens (tertiary/aromatic N) is 4. The fraction of sp³-hybridized carbons (Fsp3) is 0.174. The van der Waals surface area contributed by atoms with Gasteiger partial charge in [-0.15, -0.1) is 0 Å². The van der Waals surface area contributed by atoms with Crippen LogP contribution in [0.1, 0.15) is 32.9 Å². The molecule has 0 bridgehead atoms. The molecule has 0 fully saturated rings. The van der Waals surface area contributed by atoms with E-state index in [0.29, 0.717) is 17.9 Å². The number of aromatic nitrogens is 4. The highest BCUT2D eigenvalue weighted by atomic mass is 16.1. The molecular formula is C23H23N5O. The average Bonchev–Trinajstić information content (AvgIpc) is 3.27. The Morgan fingerprint density at radius 3 is 2.66 bits per heavy atom. The number of hydrogen-bond acceptors (Lipinski definition) is 3. The van der Waals surface area contributed by atoms with E-state index in [-0.39, 0.29) is 5.91 Å². The third-order valence-corrected chi connectivity index (χ3v) is 4.98. The van der Waals surface area contributed by atoms with E-state index in [9.17, 15) is 4.79 Å². The molecule has 6 nitrogen and oxygen atoms in total. The lowest BCUT2D eigenvalue weighted by Crippen LogP contribution is -2.14. The van der Waals surface area contributed by atoms with Gasteiger partial charge in [0.05, 0.1) is 12.1 Å². The van der Waals surface area contributed by atoms with Crippen LogP contribution in [0.3, 0.4) is 0 Å². The summed E-state index contributed by atoms with van der Waals surface area (Å²) in [7, 11) is 0. The Morgan fingerprint density at radius 2 is 1.90 bits per heavy atom. The molecular weight excluding hydrogens is 362 g/mol. The van der Waals surface area contributed by atoms with Gasteiger partial charge in [-0.25, -0.2) is 0 Å². The van der Waals surface area contributed by atoms with Crippen molar-refractivity contribution < 1.29 is 4.79 Å². The van der Waals surface area contributed by atoms with Gasteiger partial charge in [-0.1, -0.05) is 24.3 Å². The van der Waals surface area contributed by atoms with Crippen molar-refractivity contribution in [1.29, 1.82) is 0 Å². The van der Waals surface area contributed by atoms with Crippen LogP contribution in [0.4, 0.5) is 5.82 Å². The monoisotopic (exact) mass is 385 g/mol. The van der Waals surface area contributed by atoms with Gasteiger partial charge in [-0.2, -0.15) is 5.10 Å². The Balaban J connectivity index is 1.54. The molecule has 1 N–H and O–H groups in total. The van der Waals surface area contributed by atoms with E-state index < -0.39 is 0 Å². The summed E-state index contributed by atoms with van der Waals surface area (Å²) in [5.74, 6) is 0.365. The number of hydrogen-bond donors (Lipinski definition) is 1. The number of anilines is 1. The predicted molar refractivity (Wildman–Crippen MR) is 113 cm³/mol. The number of pyridine rings is 1. The number of aryl methyl sites for hydroxylation is 2. The van der Waals surface area contributed by atoms with Crippen LogP contribution in [0.15, 0.2) is 67.1 Å². The SMILES string of the molecule is Cc1ccccc1-n1c(C)cc(C(=O)Nc2ccn(Cc3cccnc3)n2)c1C. The lowest BCUT2D eigenvalue weighted by molar-refractivity contribution is 0.102. The van der Waals surface area contributed by atoms with Gasteiger partial charge in [-0.3, -0.25) is 14.5 Å². The van der Waals surface area contributed by atoms with Crippen LogP contribution in [0.25, 0.3) is 5.69 Å². The smallest absolute Gasteiger partial charge is 0.258 e. The Kier molecular flexibility index (Phi) is 4.99. The van der Waals surface area contributed by atoms with Crippen LogP contribution >= 0.6 is 0 Å². The minimum absolute atomic E-state index is 0.162. The second-order valence-corrected chi connectivity index (χ2v) is 7.12. The first kappa shape index (κ1) is 18.7. The molecule has 6 heteroatoms. The maximum Gasteiger partial charge on any atom is 0.258 e. The highest BCUT2D eigenvalue weighted by molar-refractivity contribution is 6.05. The predicted octanol–water partition coefficient (Wildman–Crippen LogP) is 4.29. The number of amides is 1. The van der Waals surface area contributed by atoms with E-state index in [2.05, 4.69) is 39.0 Å². The Hall–Kier alpha value is -3.67. The largest absolute Gasteiger partial charge is 0.317 e. The fourth-order valence-corrected chi connectivity index (χ4v) is 3.56. The van der Waals surface area contributed by atoms with Gasteiger partial charge < -0.3 is 9.88 Å². The lowest BCUT2D eigenvalue weighted by atomic mass is 10.2. The van der Waals surface area contributed by atoms with Gasteiger partial charge in [0.1, 0.15) is 0 Å². The molecule has 0 saturated carbocycles. The molecule has 146 valence electrons. The van der Waals surface area contributed by atoms with Gasteiger partial charge in [0.25, 0.3) is 5.91 Å². The zero-order valence-corrected chi connectivity index (χ0v) is 16.8. The summed E-state index contributed by atoms with van der Waals surface area (Å²) in [6.45, 7) is 6.66. The quantitative estimate of drug-likeness (QED) is 0.557. The second kappa shape index (κ2) is 7.75. The first-order valence-electron chi connectivity index (χ1n) is 9.51. The molecule has 0 spiro atoms. The molecule has 0 aliphatic rings. The molecule has 4 aromatic rings. The average molecular weight is 385 g/mol. The van der Waals surface area contributed by atoms with Gasteiger partial charge >= 0.3 is 0 Å². The number of carbonyl (C=O) groups excluding carboxylic acids is 1. The van der Waals surface area contributed by atoms with E-state index in [1.165, 1.54) is 0 Å². The Morgan fingerprint density at radius 1 is 1.07 bits per heavy atom. The van der Waals surface area contributed by atoms with Crippen molar-refractivity contribution in [2.45, 2.75) is 27.3 Å². The zero-order valence-electron chi connectivity index (χ0n) is 16.8. The Bertz CT molecular complexity index is 1160. The molecule has 4 rings (SSSR count). The Labute approximate surface area is 169 Å². The van der Waals surface area contributed by atoms with Gasteiger partial charge in [0.15, 0.2) is 5.82 Å². The summed E-state index contributed by atoms with van der Waals surface area (Å²) >= 11 is 0. The van der Waals surface area contributed by atoms with E-state index >= 15 is 0 Å². The van der Waals surface area contributed by atoms with Crippen LogP contribution in [0.5, 0.6) is 0 Å². The van der Waals surface area contributed by atoms with Crippen LogP contribution < -0.4 is 5.32 Å². The van der Waals surface area contributed by atoms with Crippen molar-refractivity contribution in [3.63, 3.8) is 0 Å². The lowest BCUT2D eigenvalue weighted by Gasteiger charge is -2.12. The standard InChI is InChI=1S/C23H23N5O/c1-16-7-4-5-9-21(16)28-17(2)13-20(18(28)3)23(29)25-22-10-12-27(26-22)15-19-8-6-11-24-14-19/h4-14H,15H2,1-3H3,(H,25,26,29). The van der Waals surface area contributed by atoms with Crippen LogP contribution in [-0.4, -0.2) is 25.2 Å². The molecule has 0 aliphatic heterocycles. The number of para-hydroxylation sites is 1. The number of benzene rings is 1. The highest BCUT2D eigenvalue weighted by Gasteiger charge is 2.18. The molecule has 3 aromatic heterocycles. The van der Waals surface area contributed by atoms with Gasteiger partial charge in [-0.05, 0) is 50.1 Å². The molecule has 1 aromatic carbocycles. The summed E-state index contributed by atoms with van der Waals surface area (Å²) < 4.78 is 3.90. The normalized spacial score (nSPS) is 10.9. The van der Waals surface area contributed by atoms with Crippen molar-refractivity contribution in [3.8, 4) is 5.69 Å². The third-order valence-electron chi connectivity index (χ3n) is 4.98. The summed E-state index contributed by atoms with van der Waals surface area (Å²) in [5, 5.41) is 7.36. The molecule has 0 aliphatic carbocycles. The highest BCUT2D eigenvalue weighted by Crippen LogP contribution is 2.23. The van der Waals surface area contributed by atoms with Crippen LogP contribution in [0.2, 0.25) is 0 Å². The fourth-order valence-electron chi connectivity index (χ4n) is 3.56. The third kappa shape index (κ3) is 3.82. The minimum Gasteiger partial charge on any atom is -0.317 e. The minimum atomic E-state index is -0.162. The van der Waals surface area contributed by atoms with Crippen molar-refractivity contribution in [3.05, 3.63) is 95.2 Å². The molecule has 0 atom stereocenters. The summed E-state index contributed by atoms with van der Waals surface area (Å²) in [6, 6.07) is 15.8. The topological polar surface area (TPSA) is 64.7 Å². The van der Waals surface area contributed by atoms with E-state index in [4.69, 9.17) is 0 Å². The summed E-state index contributed by atoms with van der Waals surface area (Å²) in [6.07, 6.45) is 5.39. The van der Waals surface area contributed by atoms with Gasteiger partial charge in [0.2, 0.25) is 0 Å². The molecule has 0 saturated heterocycles. The molecule has 1 amide bonds. The molecule has 29 heavy (non-hydrogen) atoms. The van der Waals surface area contributed by atoms with E-state index in [1.807, 2.05) is 50.4 Å². The number of rotatable bonds is 5. The first-order chi connectivity index (χ1) is 14.0.